The number of amides is 2. The monoisotopic (exact) mass is 508 g/mol. The molecular weight excluding hydrogens is 480 g/mol. The minimum atomic E-state index is -0.417. The van der Waals surface area contributed by atoms with E-state index in [-0.39, 0.29) is 18.0 Å². The lowest BCUT2D eigenvalue weighted by Gasteiger charge is -2.13. The van der Waals surface area contributed by atoms with Gasteiger partial charge in [-0.3, -0.25) is 19.7 Å². The highest BCUT2D eigenvalue weighted by Gasteiger charge is 2.17. The van der Waals surface area contributed by atoms with Crippen molar-refractivity contribution in [1.29, 1.82) is 0 Å². The van der Waals surface area contributed by atoms with Crippen molar-refractivity contribution in [3.8, 4) is 22.6 Å². The van der Waals surface area contributed by atoms with Gasteiger partial charge in [-0.15, -0.1) is 0 Å². The van der Waals surface area contributed by atoms with Crippen LogP contribution in [0.3, 0.4) is 0 Å². The molecule has 4 N–H and O–H groups in total. The highest BCUT2D eigenvalue weighted by atomic mass is 16.5. The van der Waals surface area contributed by atoms with Crippen LogP contribution >= 0.6 is 0 Å². The molecule has 38 heavy (non-hydrogen) atoms. The molecule has 5 rings (SSSR count). The molecule has 0 radical (unpaired) electrons. The third-order valence-electron chi connectivity index (χ3n) is 6.29. The summed E-state index contributed by atoms with van der Waals surface area (Å²) >= 11 is 0. The maximum Gasteiger partial charge on any atom is 0.276 e. The smallest absolute Gasteiger partial charge is 0.276 e. The van der Waals surface area contributed by atoms with E-state index in [1.54, 1.807) is 24.5 Å². The van der Waals surface area contributed by atoms with Crippen molar-refractivity contribution in [3.05, 3.63) is 96.7 Å². The Morgan fingerprint density at radius 2 is 1.84 bits per heavy atom. The van der Waals surface area contributed by atoms with E-state index in [1.165, 1.54) is 6.20 Å². The number of nitrogens with two attached hydrogens (primary N) is 1. The zero-order chi connectivity index (χ0) is 26.3. The highest BCUT2D eigenvalue weighted by molar-refractivity contribution is 6.06. The summed E-state index contributed by atoms with van der Waals surface area (Å²) in [5.74, 6) is 0.973. The van der Waals surface area contributed by atoms with Gasteiger partial charge in [-0.25, -0.2) is 0 Å². The van der Waals surface area contributed by atoms with E-state index in [2.05, 4.69) is 20.5 Å². The van der Waals surface area contributed by atoms with Gasteiger partial charge in [-0.05, 0) is 54.8 Å². The number of benzene rings is 2. The lowest BCUT2D eigenvalue weighted by molar-refractivity contribution is -0.129. The maximum atomic E-state index is 13.1. The van der Waals surface area contributed by atoms with E-state index in [0.717, 1.165) is 37.1 Å². The second kappa shape index (κ2) is 11.4. The van der Waals surface area contributed by atoms with Gasteiger partial charge >= 0.3 is 0 Å². The van der Waals surface area contributed by atoms with Crippen LogP contribution in [-0.4, -0.2) is 45.0 Å². The van der Waals surface area contributed by atoms with Crippen molar-refractivity contribution in [3.63, 3.8) is 0 Å². The molecule has 2 aromatic carbocycles. The number of hydrogen-bond acceptors (Lipinski definition) is 6. The summed E-state index contributed by atoms with van der Waals surface area (Å²) in [5.41, 5.74) is 8.74. The first kappa shape index (κ1) is 24.8. The van der Waals surface area contributed by atoms with Crippen molar-refractivity contribution in [2.24, 2.45) is 5.73 Å². The molecule has 192 valence electrons. The molecule has 0 aliphatic carbocycles. The quantitative estimate of drug-likeness (QED) is 0.301. The lowest BCUT2D eigenvalue weighted by atomic mass is 10.0. The van der Waals surface area contributed by atoms with Crippen LogP contribution in [0.25, 0.3) is 22.0 Å². The number of aromatic amines is 1. The minimum Gasteiger partial charge on any atom is -0.456 e. The lowest BCUT2D eigenvalue weighted by Crippen LogP contribution is -2.27. The maximum absolute atomic E-state index is 13.1. The van der Waals surface area contributed by atoms with Crippen molar-refractivity contribution in [2.75, 3.05) is 13.1 Å². The topological polar surface area (TPSA) is 126 Å². The van der Waals surface area contributed by atoms with Gasteiger partial charge in [0.1, 0.15) is 11.5 Å². The van der Waals surface area contributed by atoms with Gasteiger partial charge in [-0.1, -0.05) is 30.3 Å². The first-order valence-corrected chi connectivity index (χ1v) is 12.4. The number of aromatic nitrogens is 3. The van der Waals surface area contributed by atoms with Gasteiger partial charge in [0, 0.05) is 42.9 Å². The number of nitrogens with zero attached hydrogens (tertiary/aromatic N) is 3. The molecule has 0 saturated carbocycles. The van der Waals surface area contributed by atoms with E-state index in [1.807, 2.05) is 59.5 Å². The molecule has 0 bridgehead atoms. The molecule has 1 saturated heterocycles. The van der Waals surface area contributed by atoms with Crippen LogP contribution in [0, 0.1) is 0 Å². The number of ether oxygens (including phenoxy) is 1. The zero-order valence-corrected chi connectivity index (χ0v) is 20.8. The van der Waals surface area contributed by atoms with Crippen molar-refractivity contribution >= 4 is 22.7 Å². The summed E-state index contributed by atoms with van der Waals surface area (Å²) in [6.07, 6.45) is 10.4. The van der Waals surface area contributed by atoms with E-state index >= 15 is 0 Å². The second-order valence-corrected chi connectivity index (χ2v) is 8.93. The number of H-pyrrole nitrogens is 1. The third kappa shape index (κ3) is 5.73. The van der Waals surface area contributed by atoms with Crippen LogP contribution in [0.2, 0.25) is 0 Å². The summed E-state index contributed by atoms with van der Waals surface area (Å²) in [5, 5.41) is 10.5. The molecule has 1 aliphatic heterocycles. The number of fused-ring (bicyclic) bond motifs is 1. The number of pyridine rings is 1. The van der Waals surface area contributed by atoms with Crippen LogP contribution in [0.15, 0.2) is 91.0 Å². The van der Waals surface area contributed by atoms with Crippen molar-refractivity contribution in [1.82, 2.24) is 25.4 Å². The zero-order valence-electron chi connectivity index (χ0n) is 20.8. The Kier molecular flexibility index (Phi) is 7.44. The number of carbonyl (C=O) groups excluding carboxylic acids is 2. The SMILES string of the molecule is N/C=C(\C=C/CC(=O)N1CCCC1)NC(=O)c1n[nH]c2ccc(-c3cncc(Oc4ccccc4)c3)cc12. The Labute approximate surface area is 220 Å². The summed E-state index contributed by atoms with van der Waals surface area (Å²) in [4.78, 5) is 31.5. The number of para-hydroxylation sites is 1. The fourth-order valence-corrected chi connectivity index (χ4v) is 4.34. The predicted octanol–water partition coefficient (Wildman–Crippen LogP) is 4.52. The highest BCUT2D eigenvalue weighted by Crippen LogP contribution is 2.29. The van der Waals surface area contributed by atoms with Gasteiger partial charge in [0.25, 0.3) is 5.91 Å². The first-order chi connectivity index (χ1) is 18.6. The Hall–Kier alpha value is -4.92. The largest absolute Gasteiger partial charge is 0.456 e. The average Bonchev–Trinajstić information content (AvgIpc) is 3.63. The van der Waals surface area contributed by atoms with Crippen LogP contribution < -0.4 is 15.8 Å². The molecule has 3 heterocycles. The fraction of sp³-hybridized carbons (Fsp3) is 0.172. The molecule has 9 heteroatoms. The Morgan fingerprint density at radius 1 is 1.03 bits per heavy atom. The normalized spacial score (nSPS) is 13.8. The molecule has 0 spiro atoms. The number of likely N-dealkylation sites (tertiary alicyclic amines) is 1. The Bertz CT molecular complexity index is 1500. The van der Waals surface area contributed by atoms with Gasteiger partial charge < -0.3 is 20.7 Å². The molecular formula is C29H28N6O3. The Morgan fingerprint density at radius 3 is 2.63 bits per heavy atom. The number of hydrogen-bond donors (Lipinski definition) is 3. The van der Waals surface area contributed by atoms with E-state index < -0.39 is 5.91 Å². The van der Waals surface area contributed by atoms with E-state index in [9.17, 15) is 9.59 Å². The molecule has 2 amide bonds. The average molecular weight is 509 g/mol. The van der Waals surface area contributed by atoms with Crippen molar-refractivity contribution < 1.29 is 14.3 Å². The molecule has 1 fully saturated rings. The standard InChI is InChI=1S/C29H28N6O3/c30-17-22(7-6-10-27(36)35-13-4-5-14-35)32-29(37)28-25-16-20(11-12-26(25)33-34-28)21-15-24(19-31-18-21)38-23-8-2-1-3-9-23/h1-3,6-9,11-12,15-19H,4-5,10,13-14,30H2,(H,32,37)(H,33,34)/b7-6-,22-17+. The number of nitrogens with one attached hydrogen (secondary N) is 2. The second-order valence-electron chi connectivity index (χ2n) is 8.93. The molecule has 9 nitrogen and oxygen atoms in total. The van der Waals surface area contributed by atoms with Crippen molar-refractivity contribution in [2.45, 2.75) is 19.3 Å². The number of allylic oxidation sites excluding steroid dienone is 1. The van der Waals surface area contributed by atoms with E-state index in [4.69, 9.17) is 10.5 Å². The van der Waals surface area contributed by atoms with Gasteiger partial charge in [-0.2, -0.15) is 5.10 Å². The molecule has 1 aliphatic rings. The van der Waals surface area contributed by atoms with Crippen LogP contribution in [0.4, 0.5) is 0 Å². The molecule has 4 aromatic rings. The molecule has 0 atom stereocenters. The van der Waals surface area contributed by atoms with Gasteiger partial charge in [0.15, 0.2) is 5.69 Å². The van der Waals surface area contributed by atoms with Crippen LogP contribution in [-0.2, 0) is 4.79 Å². The first-order valence-electron chi connectivity index (χ1n) is 12.4. The van der Waals surface area contributed by atoms with E-state index in [0.29, 0.717) is 28.1 Å². The summed E-state index contributed by atoms with van der Waals surface area (Å²) in [7, 11) is 0. The minimum absolute atomic E-state index is 0.0694. The number of carbonyl (C=O) groups is 2. The van der Waals surface area contributed by atoms with Gasteiger partial charge in [0.05, 0.1) is 17.4 Å². The summed E-state index contributed by atoms with van der Waals surface area (Å²) in [6.45, 7) is 1.61. The molecule has 2 aromatic heterocycles. The van der Waals surface area contributed by atoms with Gasteiger partial charge in [0.2, 0.25) is 5.91 Å². The number of rotatable bonds is 8. The summed E-state index contributed by atoms with van der Waals surface area (Å²) in [6, 6.07) is 17.0. The fourth-order valence-electron chi connectivity index (χ4n) is 4.34. The predicted molar refractivity (Wildman–Crippen MR) is 145 cm³/mol. The third-order valence-corrected chi connectivity index (χ3v) is 6.29. The van der Waals surface area contributed by atoms with Crippen LogP contribution in [0.1, 0.15) is 29.8 Å². The summed E-state index contributed by atoms with van der Waals surface area (Å²) < 4.78 is 5.91. The molecule has 0 unspecified atom stereocenters. The Balaban J connectivity index is 1.30. The van der Waals surface area contributed by atoms with Crippen LogP contribution in [0.5, 0.6) is 11.5 Å².